The number of halogens is 1. The van der Waals surface area contributed by atoms with Crippen LogP contribution < -0.4 is 4.90 Å². The van der Waals surface area contributed by atoms with Crippen LogP contribution in [0.15, 0.2) is 61.2 Å². The lowest BCUT2D eigenvalue weighted by atomic mass is 10.1. The number of benzene rings is 1. The zero-order chi connectivity index (χ0) is 22.8. The number of hydrogen-bond donors (Lipinski definition) is 0. The summed E-state index contributed by atoms with van der Waals surface area (Å²) < 4.78 is 15.3. The van der Waals surface area contributed by atoms with Gasteiger partial charge in [0.2, 0.25) is 0 Å². The minimum atomic E-state index is -0.254. The van der Waals surface area contributed by atoms with Crippen molar-refractivity contribution < 1.29 is 4.39 Å². The molecular formula is C25H26FN7. The maximum absolute atomic E-state index is 13.4. The van der Waals surface area contributed by atoms with E-state index in [1.165, 1.54) is 17.7 Å². The lowest BCUT2D eigenvalue weighted by molar-refractivity contribution is 0.248. The second-order valence-corrected chi connectivity index (χ2v) is 8.27. The zero-order valence-corrected chi connectivity index (χ0v) is 18.8. The van der Waals surface area contributed by atoms with Gasteiger partial charge in [-0.1, -0.05) is 0 Å². The van der Waals surface area contributed by atoms with E-state index in [-0.39, 0.29) is 5.82 Å². The second kappa shape index (κ2) is 9.07. The van der Waals surface area contributed by atoms with E-state index in [4.69, 9.17) is 5.10 Å². The van der Waals surface area contributed by atoms with Gasteiger partial charge in [0.1, 0.15) is 11.5 Å². The summed E-state index contributed by atoms with van der Waals surface area (Å²) in [7, 11) is 0. The van der Waals surface area contributed by atoms with Crippen LogP contribution >= 0.6 is 0 Å². The van der Waals surface area contributed by atoms with Gasteiger partial charge in [-0.25, -0.2) is 14.1 Å². The van der Waals surface area contributed by atoms with Gasteiger partial charge >= 0.3 is 0 Å². The molecule has 0 radical (unpaired) electrons. The van der Waals surface area contributed by atoms with Crippen LogP contribution in [0, 0.1) is 19.7 Å². The quantitative estimate of drug-likeness (QED) is 0.468. The van der Waals surface area contributed by atoms with E-state index in [0.29, 0.717) is 0 Å². The molecule has 3 aromatic heterocycles. The molecule has 0 N–H and O–H groups in total. The third kappa shape index (κ3) is 4.34. The Morgan fingerprint density at radius 3 is 2.39 bits per heavy atom. The molecule has 7 nitrogen and oxygen atoms in total. The minimum absolute atomic E-state index is 0.254. The van der Waals surface area contributed by atoms with Crippen LogP contribution in [-0.4, -0.2) is 55.8 Å². The largest absolute Gasteiger partial charge is 0.352 e. The Labute approximate surface area is 192 Å². The molecule has 0 spiro atoms. The maximum Gasteiger partial charge on any atom is 0.155 e. The van der Waals surface area contributed by atoms with Gasteiger partial charge < -0.3 is 4.90 Å². The molecule has 1 aliphatic rings. The summed E-state index contributed by atoms with van der Waals surface area (Å²) in [5.41, 5.74) is 6.09. The first kappa shape index (κ1) is 21.2. The van der Waals surface area contributed by atoms with Crippen molar-refractivity contribution in [1.29, 1.82) is 0 Å². The van der Waals surface area contributed by atoms with Gasteiger partial charge in [0.15, 0.2) is 5.82 Å². The molecule has 1 aromatic carbocycles. The van der Waals surface area contributed by atoms with Crippen LogP contribution in [-0.2, 0) is 6.54 Å². The summed E-state index contributed by atoms with van der Waals surface area (Å²) in [6.45, 7) is 8.57. The van der Waals surface area contributed by atoms with Crippen molar-refractivity contribution in [2.75, 3.05) is 31.1 Å². The molecule has 0 saturated carbocycles. The fraction of sp³-hybridized carbons (Fsp3) is 0.280. The lowest BCUT2D eigenvalue weighted by Gasteiger charge is -2.36. The average Bonchev–Trinajstić information content (AvgIpc) is 3.14. The predicted octanol–water partition coefficient (Wildman–Crippen LogP) is 3.80. The first-order chi connectivity index (χ1) is 16.1. The number of pyridine rings is 1. The van der Waals surface area contributed by atoms with Gasteiger partial charge in [-0.15, -0.1) is 0 Å². The van der Waals surface area contributed by atoms with Crippen LogP contribution in [0.25, 0.3) is 16.9 Å². The molecule has 8 heteroatoms. The number of rotatable bonds is 5. The highest BCUT2D eigenvalue weighted by Crippen LogP contribution is 2.28. The predicted molar refractivity (Wildman–Crippen MR) is 126 cm³/mol. The third-order valence-electron chi connectivity index (χ3n) is 6.18. The van der Waals surface area contributed by atoms with Gasteiger partial charge in [0.05, 0.1) is 17.6 Å². The summed E-state index contributed by atoms with van der Waals surface area (Å²) in [6.07, 6.45) is 7.01. The first-order valence-electron chi connectivity index (χ1n) is 11.1. The van der Waals surface area contributed by atoms with Gasteiger partial charge in [-0.05, 0) is 50.2 Å². The van der Waals surface area contributed by atoms with Crippen molar-refractivity contribution in [1.82, 2.24) is 29.6 Å². The summed E-state index contributed by atoms with van der Waals surface area (Å²) in [6, 6.07) is 10.4. The molecule has 1 fully saturated rings. The fourth-order valence-corrected chi connectivity index (χ4v) is 4.35. The van der Waals surface area contributed by atoms with Crippen LogP contribution in [0.4, 0.5) is 10.2 Å². The Balaban J connectivity index is 1.30. The fourth-order valence-electron chi connectivity index (χ4n) is 4.35. The number of nitrogens with zero attached hydrogens (tertiary/aromatic N) is 7. The molecule has 0 bridgehead atoms. The molecule has 0 aliphatic carbocycles. The van der Waals surface area contributed by atoms with E-state index in [9.17, 15) is 4.39 Å². The highest BCUT2D eigenvalue weighted by molar-refractivity contribution is 5.72. The standard InChI is InChI=1S/C25H26FN7/c1-18-23(19(2)33(30-18)22-4-3-9-27-16-22)17-31-12-14-32(15-13-31)25-24(28-10-11-29-25)20-5-7-21(26)8-6-20/h3-11,16H,12-15,17H2,1-2H3. The minimum Gasteiger partial charge on any atom is -0.352 e. The molecule has 4 heterocycles. The molecule has 0 unspecified atom stereocenters. The van der Waals surface area contributed by atoms with Crippen LogP contribution in [0.3, 0.4) is 0 Å². The van der Waals surface area contributed by atoms with Crippen molar-refractivity contribution in [3.8, 4) is 16.9 Å². The Morgan fingerprint density at radius 1 is 0.909 bits per heavy atom. The van der Waals surface area contributed by atoms with Gasteiger partial charge in [0.25, 0.3) is 0 Å². The average molecular weight is 444 g/mol. The van der Waals surface area contributed by atoms with E-state index >= 15 is 0 Å². The second-order valence-electron chi connectivity index (χ2n) is 8.27. The number of aromatic nitrogens is 5. The smallest absolute Gasteiger partial charge is 0.155 e. The maximum atomic E-state index is 13.4. The van der Waals surface area contributed by atoms with Crippen molar-refractivity contribution in [3.63, 3.8) is 0 Å². The Hall–Kier alpha value is -3.65. The molecular weight excluding hydrogens is 417 g/mol. The van der Waals surface area contributed by atoms with Crippen molar-refractivity contribution >= 4 is 5.82 Å². The number of anilines is 1. The normalized spacial score (nSPS) is 14.6. The molecule has 1 saturated heterocycles. The van der Waals surface area contributed by atoms with E-state index < -0.39 is 0 Å². The van der Waals surface area contributed by atoms with E-state index in [2.05, 4.69) is 38.6 Å². The highest BCUT2D eigenvalue weighted by Gasteiger charge is 2.23. The molecule has 1 aliphatic heterocycles. The van der Waals surface area contributed by atoms with E-state index in [0.717, 1.165) is 66.9 Å². The molecule has 168 valence electrons. The third-order valence-corrected chi connectivity index (χ3v) is 6.18. The van der Waals surface area contributed by atoms with Gasteiger partial charge in [-0.3, -0.25) is 14.9 Å². The van der Waals surface area contributed by atoms with Crippen LogP contribution in [0.2, 0.25) is 0 Å². The van der Waals surface area contributed by atoms with Crippen LogP contribution in [0.5, 0.6) is 0 Å². The molecule has 33 heavy (non-hydrogen) atoms. The number of hydrogen-bond acceptors (Lipinski definition) is 6. The summed E-state index contributed by atoms with van der Waals surface area (Å²) >= 11 is 0. The van der Waals surface area contributed by atoms with Crippen molar-refractivity contribution in [2.45, 2.75) is 20.4 Å². The lowest BCUT2D eigenvalue weighted by Crippen LogP contribution is -2.46. The number of aryl methyl sites for hydroxylation is 1. The Morgan fingerprint density at radius 2 is 1.67 bits per heavy atom. The topological polar surface area (TPSA) is 63.0 Å². The van der Waals surface area contributed by atoms with Crippen LogP contribution in [0.1, 0.15) is 17.0 Å². The van der Waals surface area contributed by atoms with E-state index in [1.807, 2.05) is 23.0 Å². The summed E-state index contributed by atoms with van der Waals surface area (Å²) in [5, 5.41) is 4.75. The van der Waals surface area contributed by atoms with Gasteiger partial charge in [0, 0.05) is 68.1 Å². The highest BCUT2D eigenvalue weighted by atomic mass is 19.1. The van der Waals surface area contributed by atoms with E-state index in [1.54, 1.807) is 30.7 Å². The molecule has 0 amide bonds. The monoisotopic (exact) mass is 443 g/mol. The van der Waals surface area contributed by atoms with Crippen molar-refractivity contribution in [3.05, 3.63) is 84.0 Å². The number of piperazine rings is 1. The zero-order valence-electron chi connectivity index (χ0n) is 18.8. The summed E-state index contributed by atoms with van der Waals surface area (Å²) in [4.78, 5) is 18.1. The molecule has 4 aromatic rings. The molecule has 5 rings (SSSR count). The first-order valence-corrected chi connectivity index (χ1v) is 11.1. The Bertz CT molecular complexity index is 1230. The summed E-state index contributed by atoms with van der Waals surface area (Å²) in [5.74, 6) is 0.593. The van der Waals surface area contributed by atoms with Crippen molar-refractivity contribution in [2.24, 2.45) is 0 Å². The SMILES string of the molecule is Cc1nn(-c2cccnc2)c(C)c1CN1CCN(c2nccnc2-c2ccc(F)cc2)CC1. The Kier molecular flexibility index (Phi) is 5.83. The van der Waals surface area contributed by atoms with Gasteiger partial charge in [-0.2, -0.15) is 5.10 Å². The molecule has 0 atom stereocenters.